The SMILES string of the molecule is c1ccc(-c2nc(-c3cccc4c3-c3cccc5cccc-4c35)nc3c2oc2ccccc23)cc1. The molecule has 2 heterocycles. The van der Waals surface area contributed by atoms with Gasteiger partial charge in [-0.05, 0) is 39.6 Å². The molecule has 0 spiro atoms. The van der Waals surface area contributed by atoms with Gasteiger partial charge >= 0.3 is 0 Å². The molecule has 3 heteroatoms. The molecular weight excluding hydrogens is 428 g/mol. The number of hydrogen-bond donors (Lipinski definition) is 0. The second-order valence-electron chi connectivity index (χ2n) is 8.98. The minimum absolute atomic E-state index is 0.713. The van der Waals surface area contributed by atoms with E-state index in [4.69, 9.17) is 14.4 Å². The van der Waals surface area contributed by atoms with E-state index in [1.807, 2.05) is 36.4 Å². The molecular formula is C32H18N2O. The highest BCUT2D eigenvalue weighted by Gasteiger charge is 2.26. The molecule has 0 saturated heterocycles. The fourth-order valence-corrected chi connectivity index (χ4v) is 5.53. The maximum Gasteiger partial charge on any atom is 0.180 e. The molecule has 0 unspecified atom stereocenters. The number of nitrogens with zero attached hydrogens (tertiary/aromatic N) is 2. The number of para-hydroxylation sites is 1. The van der Waals surface area contributed by atoms with E-state index in [1.54, 1.807) is 0 Å². The van der Waals surface area contributed by atoms with E-state index in [1.165, 1.54) is 33.0 Å². The smallest absolute Gasteiger partial charge is 0.180 e. The van der Waals surface area contributed by atoms with Crippen molar-refractivity contribution in [3.05, 3.63) is 109 Å². The number of rotatable bonds is 2. The van der Waals surface area contributed by atoms with Gasteiger partial charge in [0.2, 0.25) is 0 Å². The van der Waals surface area contributed by atoms with Crippen LogP contribution in [-0.4, -0.2) is 9.97 Å². The van der Waals surface area contributed by atoms with Gasteiger partial charge in [0.15, 0.2) is 11.4 Å². The molecule has 3 nitrogen and oxygen atoms in total. The van der Waals surface area contributed by atoms with Crippen LogP contribution in [0.25, 0.3) is 77.7 Å². The summed E-state index contributed by atoms with van der Waals surface area (Å²) in [4.78, 5) is 10.3. The van der Waals surface area contributed by atoms with Gasteiger partial charge in [0.25, 0.3) is 0 Å². The lowest BCUT2D eigenvalue weighted by atomic mass is 9.97. The summed E-state index contributed by atoms with van der Waals surface area (Å²) in [6.45, 7) is 0. The largest absolute Gasteiger partial charge is 0.452 e. The third-order valence-corrected chi connectivity index (χ3v) is 7.04. The molecule has 0 bridgehead atoms. The molecule has 7 aromatic rings. The van der Waals surface area contributed by atoms with E-state index in [-0.39, 0.29) is 0 Å². The van der Waals surface area contributed by atoms with E-state index in [2.05, 4.69) is 72.8 Å². The first-order valence-electron chi connectivity index (χ1n) is 11.8. The summed E-state index contributed by atoms with van der Waals surface area (Å²) in [5, 5.41) is 3.56. The molecule has 1 aliphatic carbocycles. The van der Waals surface area contributed by atoms with Gasteiger partial charge in [0, 0.05) is 22.1 Å². The van der Waals surface area contributed by atoms with Gasteiger partial charge in [0.05, 0.1) is 0 Å². The van der Waals surface area contributed by atoms with Crippen molar-refractivity contribution in [2.45, 2.75) is 0 Å². The first-order chi connectivity index (χ1) is 17.4. The fraction of sp³-hybridized carbons (Fsp3) is 0. The van der Waals surface area contributed by atoms with Crippen molar-refractivity contribution in [2.75, 3.05) is 0 Å². The standard InChI is InChI=1S/C32H18N2O/c1-2-9-20(10-3-1)29-31-30(23-13-4-5-18-26(23)35-31)34-32(33-29)25-17-8-15-22-21-14-6-11-19-12-7-16-24(27(19)21)28(22)25/h1-18H. The molecule has 0 fully saturated rings. The van der Waals surface area contributed by atoms with Gasteiger partial charge in [-0.25, -0.2) is 9.97 Å². The Morgan fingerprint density at radius 2 is 1.26 bits per heavy atom. The quantitative estimate of drug-likeness (QED) is 0.267. The summed E-state index contributed by atoms with van der Waals surface area (Å²) in [5.41, 5.74) is 10.2. The summed E-state index contributed by atoms with van der Waals surface area (Å²) in [5.74, 6) is 0.713. The number of benzene rings is 5. The van der Waals surface area contributed by atoms with Gasteiger partial charge in [0.1, 0.15) is 16.8 Å². The molecule has 0 radical (unpaired) electrons. The molecule has 0 amide bonds. The lowest BCUT2D eigenvalue weighted by Gasteiger charge is -2.11. The van der Waals surface area contributed by atoms with Crippen molar-refractivity contribution >= 4 is 32.8 Å². The summed E-state index contributed by atoms with van der Waals surface area (Å²) >= 11 is 0. The van der Waals surface area contributed by atoms with Crippen LogP contribution in [0.3, 0.4) is 0 Å². The minimum atomic E-state index is 0.713. The Balaban J connectivity index is 1.49. The van der Waals surface area contributed by atoms with Crippen LogP contribution in [0.4, 0.5) is 0 Å². The maximum absolute atomic E-state index is 6.29. The molecule has 1 aliphatic rings. The maximum atomic E-state index is 6.29. The van der Waals surface area contributed by atoms with Crippen molar-refractivity contribution in [2.24, 2.45) is 0 Å². The van der Waals surface area contributed by atoms with Crippen LogP contribution in [-0.2, 0) is 0 Å². The minimum Gasteiger partial charge on any atom is -0.452 e. The van der Waals surface area contributed by atoms with Crippen LogP contribution in [0.15, 0.2) is 114 Å². The van der Waals surface area contributed by atoms with Crippen LogP contribution < -0.4 is 0 Å². The van der Waals surface area contributed by atoms with Crippen LogP contribution in [0, 0.1) is 0 Å². The monoisotopic (exact) mass is 446 g/mol. The zero-order valence-corrected chi connectivity index (χ0v) is 18.7. The van der Waals surface area contributed by atoms with Gasteiger partial charge in [-0.1, -0.05) is 97.1 Å². The summed E-state index contributed by atoms with van der Waals surface area (Å²) in [6.07, 6.45) is 0. The third kappa shape index (κ3) is 2.55. The number of aromatic nitrogens is 2. The van der Waals surface area contributed by atoms with E-state index in [0.29, 0.717) is 5.82 Å². The number of furan rings is 1. The molecule has 0 aliphatic heterocycles. The predicted octanol–water partition coefficient (Wildman–Crippen LogP) is 8.51. The fourth-order valence-electron chi connectivity index (χ4n) is 5.53. The second-order valence-corrected chi connectivity index (χ2v) is 8.98. The zero-order valence-electron chi connectivity index (χ0n) is 18.7. The lowest BCUT2D eigenvalue weighted by Crippen LogP contribution is -1.95. The third-order valence-electron chi connectivity index (χ3n) is 7.04. The van der Waals surface area contributed by atoms with E-state index in [0.717, 1.165) is 38.9 Å². The first-order valence-corrected chi connectivity index (χ1v) is 11.8. The van der Waals surface area contributed by atoms with Crippen LogP contribution in [0.5, 0.6) is 0 Å². The summed E-state index contributed by atoms with van der Waals surface area (Å²) in [6, 6.07) is 37.8. The Labute approximate surface area is 201 Å². The summed E-state index contributed by atoms with van der Waals surface area (Å²) in [7, 11) is 0. The van der Waals surface area contributed by atoms with Crippen LogP contribution >= 0.6 is 0 Å². The molecule has 8 rings (SSSR count). The molecule has 2 aromatic heterocycles. The Bertz CT molecular complexity index is 1950. The van der Waals surface area contributed by atoms with E-state index >= 15 is 0 Å². The predicted molar refractivity (Wildman–Crippen MR) is 142 cm³/mol. The van der Waals surface area contributed by atoms with Gasteiger partial charge < -0.3 is 4.42 Å². The van der Waals surface area contributed by atoms with Crippen molar-refractivity contribution < 1.29 is 4.42 Å². The number of fused-ring (bicyclic) bond motifs is 6. The molecule has 0 N–H and O–H groups in total. The van der Waals surface area contributed by atoms with Crippen molar-refractivity contribution in [1.29, 1.82) is 0 Å². The second kappa shape index (κ2) is 6.87. The van der Waals surface area contributed by atoms with Crippen LogP contribution in [0.1, 0.15) is 0 Å². The lowest BCUT2D eigenvalue weighted by molar-refractivity contribution is 0.667. The van der Waals surface area contributed by atoms with Crippen molar-refractivity contribution in [3.8, 4) is 44.9 Å². The van der Waals surface area contributed by atoms with E-state index in [9.17, 15) is 0 Å². The van der Waals surface area contributed by atoms with Crippen molar-refractivity contribution in [3.63, 3.8) is 0 Å². The molecule has 0 saturated carbocycles. The highest BCUT2D eigenvalue weighted by molar-refractivity contribution is 6.18. The molecule has 5 aromatic carbocycles. The average molecular weight is 447 g/mol. The van der Waals surface area contributed by atoms with Gasteiger partial charge in [-0.15, -0.1) is 0 Å². The van der Waals surface area contributed by atoms with E-state index < -0.39 is 0 Å². The normalized spacial score (nSPS) is 12.0. The Kier molecular flexibility index (Phi) is 3.66. The highest BCUT2D eigenvalue weighted by Crippen LogP contribution is 2.50. The Morgan fingerprint density at radius 3 is 2.14 bits per heavy atom. The van der Waals surface area contributed by atoms with Crippen LogP contribution in [0.2, 0.25) is 0 Å². The Hall–Kier alpha value is -4.76. The molecule has 0 atom stereocenters. The summed E-state index contributed by atoms with van der Waals surface area (Å²) < 4.78 is 6.29. The first kappa shape index (κ1) is 18.6. The zero-order chi connectivity index (χ0) is 22.9. The van der Waals surface area contributed by atoms with Crippen molar-refractivity contribution in [1.82, 2.24) is 9.97 Å². The van der Waals surface area contributed by atoms with Gasteiger partial charge in [-0.2, -0.15) is 0 Å². The number of hydrogen-bond acceptors (Lipinski definition) is 3. The topological polar surface area (TPSA) is 38.9 Å². The molecule has 162 valence electrons. The molecule has 35 heavy (non-hydrogen) atoms. The average Bonchev–Trinajstić information content (AvgIpc) is 3.46. The highest BCUT2D eigenvalue weighted by atomic mass is 16.3. The van der Waals surface area contributed by atoms with Gasteiger partial charge in [-0.3, -0.25) is 0 Å². The Morgan fingerprint density at radius 1 is 0.543 bits per heavy atom.